The Balaban J connectivity index is 4.32. The highest BCUT2D eigenvalue weighted by Crippen LogP contribution is 2.50. The summed E-state index contributed by atoms with van der Waals surface area (Å²) in [7, 11) is 7.02. The van der Waals surface area contributed by atoms with E-state index in [2.05, 4.69) is 165 Å². The molecule has 4 heteroatoms. The molecule has 0 radical (unpaired) electrons. The minimum Gasteiger partial charge on any atom is -0.292 e. The highest BCUT2D eigenvalue weighted by atomic mass is 15.4. The molecule has 0 unspecified atom stereocenters. The highest BCUT2D eigenvalue weighted by molar-refractivity contribution is 5.74. The normalized spacial score (nSPS) is 30.8. The molecule has 1 saturated heterocycles. The Morgan fingerprint density at radius 3 is 0.735 bits per heavy atom. The third kappa shape index (κ3) is 3.84. The molecule has 0 amide bonds. The number of likely N-dealkylation sites (N-methyl/N-ethyl adjacent to an activating group) is 3. The van der Waals surface area contributed by atoms with Crippen molar-refractivity contribution >= 4 is 5.71 Å². The fourth-order valence-corrected chi connectivity index (χ4v) is 6.92. The molecule has 0 aromatic rings. The van der Waals surface area contributed by atoms with Gasteiger partial charge in [-0.15, -0.1) is 0 Å². The van der Waals surface area contributed by atoms with Gasteiger partial charge in [0, 0.05) is 63.7 Å². The van der Waals surface area contributed by atoms with Crippen LogP contribution >= 0.6 is 0 Å². The van der Waals surface area contributed by atoms with E-state index < -0.39 is 0 Å². The second-order valence-corrected chi connectivity index (χ2v) is 15.4. The molecule has 0 aliphatic carbocycles. The number of rotatable bonds is 0. The first-order valence-electron chi connectivity index (χ1n) is 13.4. The maximum Gasteiger partial charge on any atom is 0.175 e. The Bertz CT molecular complexity index is 742. The molecule has 0 N–H and O–H groups in total. The average Bonchev–Trinajstić information content (AvgIpc) is 2.63. The fourth-order valence-electron chi connectivity index (χ4n) is 6.92. The van der Waals surface area contributed by atoms with Crippen LogP contribution in [0.3, 0.4) is 0 Å². The van der Waals surface area contributed by atoms with Crippen LogP contribution in [0.1, 0.15) is 125 Å². The molecule has 202 valence electrons. The maximum absolute atomic E-state index is 2.73. The van der Waals surface area contributed by atoms with E-state index in [4.69, 9.17) is 0 Å². The maximum atomic E-state index is 2.73. The molecule has 4 nitrogen and oxygen atoms in total. The van der Waals surface area contributed by atoms with Crippen LogP contribution < -0.4 is 0 Å². The highest BCUT2D eigenvalue weighted by Gasteiger charge is 2.65. The number of hydrogen-bond donors (Lipinski definition) is 0. The molecule has 0 aromatic carbocycles. The lowest BCUT2D eigenvalue weighted by atomic mass is 9.66. The standard InChI is InChI=1S/C30H63N4/c1-22(2)34-29(15,16)27(11,12)32(20)25(7,8)23(3,4)31(19)24(5,6)26(9,10)33(21)28(13,14)30(34,17)18/h1-21H3/q+1. The van der Waals surface area contributed by atoms with Crippen LogP contribution in [-0.4, -0.2) is 90.4 Å². The van der Waals surface area contributed by atoms with E-state index >= 15 is 0 Å². The predicted molar refractivity (Wildman–Crippen MR) is 153 cm³/mol. The molecule has 34 heavy (non-hydrogen) atoms. The largest absolute Gasteiger partial charge is 0.292 e. The molecule has 0 atom stereocenters. The average molecular weight is 480 g/mol. The lowest BCUT2D eigenvalue weighted by Gasteiger charge is -2.67. The summed E-state index contributed by atoms with van der Waals surface area (Å²) in [5.74, 6) is 0. The van der Waals surface area contributed by atoms with Gasteiger partial charge in [-0.25, -0.2) is 4.58 Å². The van der Waals surface area contributed by atoms with E-state index in [0.717, 1.165) is 0 Å². The van der Waals surface area contributed by atoms with Gasteiger partial charge in [-0.1, -0.05) is 0 Å². The topological polar surface area (TPSA) is 12.7 Å². The molecule has 1 heterocycles. The van der Waals surface area contributed by atoms with Crippen molar-refractivity contribution in [1.82, 2.24) is 14.7 Å². The number of hydrogen-bond acceptors (Lipinski definition) is 3. The lowest BCUT2D eigenvalue weighted by molar-refractivity contribution is -0.689. The van der Waals surface area contributed by atoms with Crippen LogP contribution in [0.4, 0.5) is 0 Å². The third-order valence-electron chi connectivity index (χ3n) is 12.6. The third-order valence-corrected chi connectivity index (χ3v) is 12.6. The summed E-state index contributed by atoms with van der Waals surface area (Å²) in [5.41, 5.74) is 0.381. The molecular formula is C30H63N4+. The van der Waals surface area contributed by atoms with E-state index in [-0.39, 0.29) is 44.3 Å². The van der Waals surface area contributed by atoms with Crippen molar-refractivity contribution in [3.05, 3.63) is 0 Å². The summed E-state index contributed by atoms with van der Waals surface area (Å²) in [4.78, 5) is 7.96. The summed E-state index contributed by atoms with van der Waals surface area (Å²) in [5, 5.41) is 0. The zero-order valence-electron chi connectivity index (χ0n) is 27.3. The van der Waals surface area contributed by atoms with Crippen LogP contribution in [0, 0.1) is 0 Å². The second kappa shape index (κ2) is 8.28. The van der Waals surface area contributed by atoms with Crippen LogP contribution in [0.5, 0.6) is 0 Å². The van der Waals surface area contributed by atoms with E-state index in [0.29, 0.717) is 0 Å². The summed E-state index contributed by atoms with van der Waals surface area (Å²) < 4.78 is 2.73. The van der Waals surface area contributed by atoms with Gasteiger partial charge in [0.25, 0.3) is 0 Å². The first-order valence-corrected chi connectivity index (χ1v) is 13.4. The van der Waals surface area contributed by atoms with Gasteiger partial charge < -0.3 is 0 Å². The molecule has 0 aromatic heterocycles. The zero-order chi connectivity index (χ0) is 27.9. The van der Waals surface area contributed by atoms with Crippen molar-refractivity contribution in [2.45, 2.75) is 169 Å². The lowest BCUT2D eigenvalue weighted by Crippen LogP contribution is -2.81. The van der Waals surface area contributed by atoms with Gasteiger partial charge in [0.15, 0.2) is 11.1 Å². The minimum absolute atomic E-state index is 0.106. The van der Waals surface area contributed by atoms with Gasteiger partial charge in [0.1, 0.15) is 5.71 Å². The Hall–Kier alpha value is -0.450. The summed E-state index contributed by atoms with van der Waals surface area (Å²) in [6.45, 7) is 43.6. The van der Waals surface area contributed by atoms with Gasteiger partial charge in [0.05, 0.1) is 11.1 Å². The van der Waals surface area contributed by atoms with E-state index in [1.165, 1.54) is 5.71 Å². The second-order valence-electron chi connectivity index (χ2n) is 15.4. The van der Waals surface area contributed by atoms with Crippen molar-refractivity contribution in [1.29, 1.82) is 0 Å². The van der Waals surface area contributed by atoms with Gasteiger partial charge in [0.2, 0.25) is 0 Å². The van der Waals surface area contributed by atoms with Gasteiger partial charge in [-0.2, -0.15) is 0 Å². The Morgan fingerprint density at radius 2 is 0.559 bits per heavy atom. The Morgan fingerprint density at radius 1 is 0.382 bits per heavy atom. The molecular weight excluding hydrogens is 416 g/mol. The molecule has 0 spiro atoms. The molecule has 1 aliphatic heterocycles. The van der Waals surface area contributed by atoms with Crippen LogP contribution in [0.2, 0.25) is 0 Å². The van der Waals surface area contributed by atoms with Gasteiger partial charge >= 0.3 is 0 Å². The van der Waals surface area contributed by atoms with Crippen molar-refractivity contribution in [3.63, 3.8) is 0 Å². The van der Waals surface area contributed by atoms with E-state index in [1.807, 2.05) is 0 Å². The van der Waals surface area contributed by atoms with Crippen molar-refractivity contribution in [2.24, 2.45) is 0 Å². The van der Waals surface area contributed by atoms with Crippen LogP contribution in [0.15, 0.2) is 0 Å². The molecule has 0 bridgehead atoms. The summed E-state index contributed by atoms with van der Waals surface area (Å²) >= 11 is 0. The smallest absolute Gasteiger partial charge is 0.175 e. The van der Waals surface area contributed by atoms with Gasteiger partial charge in [-0.3, -0.25) is 14.7 Å². The molecule has 0 saturated carbocycles. The van der Waals surface area contributed by atoms with E-state index in [9.17, 15) is 0 Å². The monoisotopic (exact) mass is 480 g/mol. The SMILES string of the molecule is CC(C)=[N+]1C(C)(C)C(C)(C)N(C)C(C)(C)C(C)(C)N(C)C(C)(C)C(C)(C)N(C)C(C)(C)C1(C)C. The fraction of sp³-hybridized carbons (Fsp3) is 0.967. The summed E-state index contributed by atoms with van der Waals surface area (Å²) in [6, 6.07) is 0. The van der Waals surface area contributed by atoms with Crippen molar-refractivity contribution in [2.75, 3.05) is 21.1 Å². The molecule has 1 rings (SSSR count). The Kier molecular flexibility index (Phi) is 7.69. The van der Waals surface area contributed by atoms with Crippen molar-refractivity contribution < 1.29 is 4.58 Å². The Labute approximate surface area is 215 Å². The van der Waals surface area contributed by atoms with Gasteiger partial charge in [-0.05, 0) is 104 Å². The molecule has 1 fully saturated rings. The van der Waals surface area contributed by atoms with Crippen molar-refractivity contribution in [3.8, 4) is 0 Å². The number of nitrogens with zero attached hydrogens (tertiary/aromatic N) is 4. The van der Waals surface area contributed by atoms with Crippen LogP contribution in [-0.2, 0) is 0 Å². The van der Waals surface area contributed by atoms with E-state index in [1.54, 1.807) is 0 Å². The first kappa shape index (κ1) is 31.6. The summed E-state index contributed by atoms with van der Waals surface area (Å²) in [6.07, 6.45) is 0. The zero-order valence-corrected chi connectivity index (χ0v) is 27.3. The van der Waals surface area contributed by atoms with Crippen LogP contribution in [0.25, 0.3) is 0 Å². The molecule has 1 aliphatic rings. The quantitative estimate of drug-likeness (QED) is 0.367. The first-order chi connectivity index (χ1) is 14.5. The minimum atomic E-state index is -0.146. The predicted octanol–water partition coefficient (Wildman–Crippen LogP) is 6.52.